The maximum Gasteiger partial charge on any atom is 0.237 e. The molecule has 70 valence electrons. The zero-order valence-corrected chi connectivity index (χ0v) is 7.89. The number of hydrogen-bond donors (Lipinski definition) is 2. The van der Waals surface area contributed by atoms with Gasteiger partial charge in [0, 0.05) is 6.54 Å². The lowest BCUT2D eigenvalue weighted by Gasteiger charge is -2.10. The van der Waals surface area contributed by atoms with Gasteiger partial charge in [-0.15, -0.1) is 0 Å². The van der Waals surface area contributed by atoms with Gasteiger partial charge in [0.1, 0.15) is 0 Å². The maximum absolute atomic E-state index is 11.2. The van der Waals surface area contributed by atoms with E-state index in [-0.39, 0.29) is 11.9 Å². The summed E-state index contributed by atoms with van der Waals surface area (Å²) < 4.78 is 0. The molecule has 0 saturated heterocycles. The van der Waals surface area contributed by atoms with Crippen molar-refractivity contribution in [3.63, 3.8) is 0 Å². The molecule has 0 aliphatic rings. The second kappa shape index (κ2) is 5.77. The van der Waals surface area contributed by atoms with Crippen molar-refractivity contribution in [3.8, 4) is 0 Å². The number of nitrogens with two attached hydrogens (primary N) is 1. The van der Waals surface area contributed by atoms with E-state index < -0.39 is 0 Å². The minimum Gasteiger partial charge on any atom is -0.351 e. The van der Waals surface area contributed by atoms with E-state index in [4.69, 9.17) is 5.73 Å². The minimum absolute atomic E-state index is 0.0835. The van der Waals surface area contributed by atoms with Gasteiger partial charge < -0.3 is 11.1 Å². The summed E-state index contributed by atoms with van der Waals surface area (Å²) in [4.78, 5) is 11.2. The molecule has 3 N–H and O–H groups in total. The Hall–Kier alpha value is -0.830. The summed E-state index contributed by atoms with van der Waals surface area (Å²) in [7, 11) is 0. The van der Waals surface area contributed by atoms with Crippen molar-refractivity contribution in [2.75, 3.05) is 6.54 Å². The molecule has 0 saturated carbocycles. The molecule has 1 amide bonds. The monoisotopic (exact) mass is 170 g/mol. The summed E-state index contributed by atoms with van der Waals surface area (Å²) in [5.74, 6) is -0.0835. The number of rotatable bonds is 5. The molecule has 3 nitrogen and oxygen atoms in total. The van der Waals surface area contributed by atoms with E-state index in [0.29, 0.717) is 6.54 Å². The van der Waals surface area contributed by atoms with Crippen LogP contribution in [-0.2, 0) is 4.79 Å². The zero-order valence-electron chi connectivity index (χ0n) is 7.89. The Labute approximate surface area is 74.0 Å². The van der Waals surface area contributed by atoms with Crippen molar-refractivity contribution in [2.45, 2.75) is 32.7 Å². The van der Waals surface area contributed by atoms with Crippen LogP contribution < -0.4 is 11.1 Å². The van der Waals surface area contributed by atoms with E-state index in [0.717, 1.165) is 18.4 Å². The molecule has 12 heavy (non-hydrogen) atoms. The normalized spacial score (nSPS) is 12.2. The van der Waals surface area contributed by atoms with Crippen LogP contribution in [0, 0.1) is 0 Å². The lowest BCUT2D eigenvalue weighted by molar-refractivity contribution is -0.122. The van der Waals surface area contributed by atoms with E-state index in [1.165, 1.54) is 0 Å². The summed E-state index contributed by atoms with van der Waals surface area (Å²) in [6.07, 6.45) is 1.67. The molecular formula is C9H18N2O. The highest BCUT2D eigenvalue weighted by molar-refractivity contribution is 5.81. The molecule has 0 bridgehead atoms. The minimum atomic E-state index is -0.366. The average molecular weight is 170 g/mol. The van der Waals surface area contributed by atoms with Gasteiger partial charge >= 0.3 is 0 Å². The first-order valence-electron chi connectivity index (χ1n) is 4.25. The molecule has 0 aromatic carbocycles. The number of carbonyl (C=O) groups is 1. The van der Waals surface area contributed by atoms with Gasteiger partial charge in [-0.05, 0) is 13.3 Å². The van der Waals surface area contributed by atoms with Gasteiger partial charge in [0.25, 0.3) is 0 Å². The fourth-order valence-electron chi connectivity index (χ4n) is 0.811. The number of amides is 1. The Balaban J connectivity index is 3.64. The fraction of sp³-hybridized carbons (Fsp3) is 0.667. The van der Waals surface area contributed by atoms with E-state index in [1.54, 1.807) is 0 Å². The van der Waals surface area contributed by atoms with Gasteiger partial charge in [-0.2, -0.15) is 0 Å². The topological polar surface area (TPSA) is 55.1 Å². The van der Waals surface area contributed by atoms with Crippen LogP contribution in [0.1, 0.15) is 26.7 Å². The Morgan fingerprint density at radius 2 is 2.25 bits per heavy atom. The number of nitrogens with one attached hydrogen (secondary N) is 1. The van der Waals surface area contributed by atoms with Crippen LogP contribution in [0.25, 0.3) is 0 Å². The van der Waals surface area contributed by atoms with E-state index in [1.807, 2.05) is 13.8 Å². The van der Waals surface area contributed by atoms with Gasteiger partial charge in [0.15, 0.2) is 0 Å². The molecule has 0 spiro atoms. The van der Waals surface area contributed by atoms with Gasteiger partial charge in [-0.3, -0.25) is 4.79 Å². The van der Waals surface area contributed by atoms with Crippen molar-refractivity contribution < 1.29 is 4.79 Å². The molecule has 0 rings (SSSR count). The highest BCUT2D eigenvalue weighted by atomic mass is 16.2. The number of hydrogen-bond acceptors (Lipinski definition) is 2. The molecule has 0 unspecified atom stereocenters. The predicted octanol–water partition coefficient (Wildman–Crippen LogP) is 0.806. The Bertz CT molecular complexity index is 166. The van der Waals surface area contributed by atoms with Crippen molar-refractivity contribution in [1.29, 1.82) is 0 Å². The van der Waals surface area contributed by atoms with Gasteiger partial charge in [-0.1, -0.05) is 25.5 Å². The summed E-state index contributed by atoms with van der Waals surface area (Å²) in [5.41, 5.74) is 6.51. The van der Waals surface area contributed by atoms with Crippen LogP contribution in [-0.4, -0.2) is 18.5 Å². The second-order valence-electron chi connectivity index (χ2n) is 3.07. The third kappa shape index (κ3) is 4.91. The third-order valence-corrected chi connectivity index (χ3v) is 1.50. The quantitative estimate of drug-likeness (QED) is 0.600. The largest absolute Gasteiger partial charge is 0.351 e. The van der Waals surface area contributed by atoms with Crippen molar-refractivity contribution in [3.05, 3.63) is 12.2 Å². The van der Waals surface area contributed by atoms with Crippen LogP contribution in [0.15, 0.2) is 12.2 Å². The van der Waals surface area contributed by atoms with Gasteiger partial charge in [0.05, 0.1) is 6.04 Å². The SMILES string of the molecule is C=C(C)CNC(=O)[C@H](N)CCC. The van der Waals surface area contributed by atoms with E-state index >= 15 is 0 Å². The smallest absolute Gasteiger partial charge is 0.237 e. The summed E-state index contributed by atoms with van der Waals surface area (Å²) in [5, 5.41) is 2.70. The first-order chi connectivity index (χ1) is 5.57. The molecule has 0 aromatic heterocycles. The predicted molar refractivity (Wildman–Crippen MR) is 50.7 cm³/mol. The third-order valence-electron chi connectivity index (χ3n) is 1.50. The number of carbonyl (C=O) groups excluding carboxylic acids is 1. The Morgan fingerprint density at radius 3 is 2.67 bits per heavy atom. The highest BCUT2D eigenvalue weighted by Crippen LogP contribution is 1.93. The molecular weight excluding hydrogens is 152 g/mol. The molecule has 3 heteroatoms. The van der Waals surface area contributed by atoms with Crippen molar-refractivity contribution >= 4 is 5.91 Å². The van der Waals surface area contributed by atoms with E-state index in [9.17, 15) is 4.79 Å². The summed E-state index contributed by atoms with van der Waals surface area (Å²) >= 11 is 0. The van der Waals surface area contributed by atoms with Crippen LogP contribution in [0.3, 0.4) is 0 Å². The van der Waals surface area contributed by atoms with Crippen molar-refractivity contribution in [1.82, 2.24) is 5.32 Å². The second-order valence-corrected chi connectivity index (χ2v) is 3.07. The van der Waals surface area contributed by atoms with Crippen LogP contribution in [0.5, 0.6) is 0 Å². The summed E-state index contributed by atoms with van der Waals surface area (Å²) in [6.45, 7) is 8.07. The van der Waals surface area contributed by atoms with Gasteiger partial charge in [-0.25, -0.2) is 0 Å². The first kappa shape index (κ1) is 11.2. The Morgan fingerprint density at radius 1 is 1.67 bits per heavy atom. The molecule has 0 fully saturated rings. The zero-order chi connectivity index (χ0) is 9.56. The standard InChI is InChI=1S/C9H18N2O/c1-4-5-8(10)9(12)11-6-7(2)3/h8H,2,4-6,10H2,1,3H3,(H,11,12)/t8-/m1/s1. The van der Waals surface area contributed by atoms with E-state index in [2.05, 4.69) is 11.9 Å². The lowest BCUT2D eigenvalue weighted by atomic mass is 10.1. The average Bonchev–Trinajstić information content (AvgIpc) is 2.00. The van der Waals surface area contributed by atoms with Crippen LogP contribution in [0.4, 0.5) is 0 Å². The molecule has 0 aliphatic heterocycles. The molecule has 1 atom stereocenters. The highest BCUT2D eigenvalue weighted by Gasteiger charge is 2.10. The molecule has 0 heterocycles. The Kier molecular flexibility index (Phi) is 5.37. The molecule has 0 aromatic rings. The lowest BCUT2D eigenvalue weighted by Crippen LogP contribution is -2.40. The van der Waals surface area contributed by atoms with Crippen LogP contribution in [0.2, 0.25) is 0 Å². The summed E-state index contributed by atoms with van der Waals surface area (Å²) in [6, 6.07) is -0.366. The van der Waals surface area contributed by atoms with Gasteiger partial charge in [0.2, 0.25) is 5.91 Å². The molecule has 0 aliphatic carbocycles. The maximum atomic E-state index is 11.2. The molecule has 0 radical (unpaired) electrons. The first-order valence-corrected chi connectivity index (χ1v) is 4.25. The fourth-order valence-corrected chi connectivity index (χ4v) is 0.811. The van der Waals surface area contributed by atoms with Crippen LogP contribution >= 0.6 is 0 Å². The van der Waals surface area contributed by atoms with Crippen molar-refractivity contribution in [2.24, 2.45) is 5.73 Å².